The molecule has 0 aromatic carbocycles. The second kappa shape index (κ2) is 6.01. The van der Waals surface area contributed by atoms with Crippen LogP contribution in [0, 0.1) is 5.92 Å². The minimum atomic E-state index is -3.03. The van der Waals surface area contributed by atoms with Crippen molar-refractivity contribution < 1.29 is 13.5 Å². The molecule has 0 aromatic heterocycles. The Morgan fingerprint density at radius 3 is 2.06 bits per heavy atom. The third-order valence-electron chi connectivity index (χ3n) is 2.63. The van der Waals surface area contributed by atoms with E-state index in [1.165, 1.54) is 0 Å². The van der Waals surface area contributed by atoms with E-state index < -0.39 is 14.6 Å². The molecule has 1 atom stereocenters. The lowest BCUT2D eigenvalue weighted by atomic mass is 10.0. The summed E-state index contributed by atoms with van der Waals surface area (Å²) in [6.45, 7) is 9.25. The maximum Gasteiger partial charge on any atom is 0.155 e. The van der Waals surface area contributed by atoms with Gasteiger partial charge in [-0.15, -0.1) is 0 Å². The van der Waals surface area contributed by atoms with Gasteiger partial charge in [-0.1, -0.05) is 13.8 Å². The highest BCUT2D eigenvalue weighted by Gasteiger charge is 2.28. The van der Waals surface area contributed by atoms with Gasteiger partial charge in [0, 0.05) is 0 Å². The molecule has 1 N–H and O–H groups in total. The van der Waals surface area contributed by atoms with Gasteiger partial charge in [-0.25, -0.2) is 8.42 Å². The number of hydrogen-bond donors (Lipinski definition) is 1. The fourth-order valence-electron chi connectivity index (χ4n) is 1.48. The monoisotopic (exact) mass is 250 g/mol. The first-order valence-corrected chi connectivity index (χ1v) is 7.62. The third-order valence-corrected chi connectivity index (χ3v) is 5.32. The molecular weight excluding hydrogens is 224 g/mol. The van der Waals surface area contributed by atoms with E-state index in [2.05, 4.69) is 13.8 Å². The molecule has 0 saturated heterocycles. The molecule has 0 aliphatic rings. The first kappa shape index (κ1) is 15.9. The van der Waals surface area contributed by atoms with E-state index in [-0.39, 0.29) is 11.9 Å². The van der Waals surface area contributed by atoms with E-state index in [0.29, 0.717) is 18.8 Å². The predicted molar refractivity (Wildman–Crippen MR) is 68.2 cm³/mol. The average molecular weight is 250 g/mol. The molecule has 4 heteroatoms. The number of rotatable bonds is 6. The highest BCUT2D eigenvalue weighted by atomic mass is 32.2. The maximum absolute atomic E-state index is 11.8. The van der Waals surface area contributed by atoms with Crippen molar-refractivity contribution in [1.82, 2.24) is 0 Å². The Hall–Kier alpha value is -0.0900. The van der Waals surface area contributed by atoms with Gasteiger partial charge in [0.05, 0.1) is 16.6 Å². The lowest BCUT2D eigenvalue weighted by molar-refractivity contribution is 0.139. The van der Waals surface area contributed by atoms with Crippen LogP contribution >= 0.6 is 0 Å². The van der Waals surface area contributed by atoms with Gasteiger partial charge < -0.3 is 5.11 Å². The van der Waals surface area contributed by atoms with Crippen LogP contribution in [0.4, 0.5) is 0 Å². The Bertz CT molecular complexity index is 286. The molecule has 0 amide bonds. The Balaban J connectivity index is 4.00. The molecule has 0 aliphatic carbocycles. The van der Waals surface area contributed by atoms with Crippen molar-refractivity contribution in [2.75, 3.05) is 5.75 Å². The predicted octanol–water partition coefficient (Wildman–Crippen LogP) is 2.39. The van der Waals surface area contributed by atoms with Gasteiger partial charge in [0.2, 0.25) is 0 Å². The van der Waals surface area contributed by atoms with E-state index in [0.717, 1.165) is 6.42 Å². The van der Waals surface area contributed by atoms with Crippen molar-refractivity contribution in [2.45, 2.75) is 64.7 Å². The summed E-state index contributed by atoms with van der Waals surface area (Å²) >= 11 is 0. The van der Waals surface area contributed by atoms with E-state index in [1.807, 2.05) is 0 Å². The fraction of sp³-hybridized carbons (Fsp3) is 1.00. The van der Waals surface area contributed by atoms with Gasteiger partial charge in [-0.3, -0.25) is 0 Å². The molecule has 0 fully saturated rings. The summed E-state index contributed by atoms with van der Waals surface area (Å²) in [6, 6.07) is 0. The van der Waals surface area contributed by atoms with Crippen LogP contribution in [0.3, 0.4) is 0 Å². The summed E-state index contributed by atoms with van der Waals surface area (Å²) in [5.74, 6) is 0.625. The Morgan fingerprint density at radius 1 is 1.19 bits per heavy atom. The molecule has 1 unspecified atom stereocenters. The number of sulfone groups is 1. The molecule has 0 aliphatic heterocycles. The van der Waals surface area contributed by atoms with Crippen molar-refractivity contribution in [1.29, 1.82) is 0 Å². The molecule has 16 heavy (non-hydrogen) atoms. The zero-order valence-electron chi connectivity index (χ0n) is 11.2. The quantitative estimate of drug-likeness (QED) is 0.787. The summed E-state index contributed by atoms with van der Waals surface area (Å²) in [7, 11) is -3.03. The van der Waals surface area contributed by atoms with Gasteiger partial charge in [-0.2, -0.15) is 0 Å². The summed E-state index contributed by atoms with van der Waals surface area (Å²) in [6.07, 6.45) is 1.51. The number of aliphatic hydroxyl groups is 1. The molecule has 0 radical (unpaired) electrons. The van der Waals surface area contributed by atoms with Crippen LogP contribution in [0.5, 0.6) is 0 Å². The van der Waals surface area contributed by atoms with Crippen molar-refractivity contribution >= 4 is 9.84 Å². The molecule has 0 aromatic rings. The van der Waals surface area contributed by atoms with Gasteiger partial charge in [-0.05, 0) is 46.0 Å². The first-order chi connectivity index (χ1) is 7.06. The maximum atomic E-state index is 11.8. The lowest BCUT2D eigenvalue weighted by Crippen LogP contribution is -2.30. The van der Waals surface area contributed by atoms with Crippen LogP contribution in [0.1, 0.15) is 53.9 Å². The zero-order chi connectivity index (χ0) is 13.0. The molecule has 0 heterocycles. The van der Waals surface area contributed by atoms with Gasteiger partial charge >= 0.3 is 0 Å². The highest BCUT2D eigenvalue weighted by molar-refractivity contribution is 7.92. The average Bonchev–Trinajstić information content (AvgIpc) is 1.99. The van der Waals surface area contributed by atoms with Crippen LogP contribution in [-0.2, 0) is 9.84 Å². The summed E-state index contributed by atoms with van der Waals surface area (Å²) < 4.78 is 22.9. The number of aliphatic hydroxyl groups excluding tert-OH is 1. The first-order valence-electron chi connectivity index (χ1n) is 5.96. The Kier molecular flexibility index (Phi) is 5.98. The van der Waals surface area contributed by atoms with E-state index in [1.54, 1.807) is 20.8 Å². The molecule has 0 rings (SSSR count). The highest BCUT2D eigenvalue weighted by Crippen LogP contribution is 2.18. The van der Waals surface area contributed by atoms with Crippen LogP contribution < -0.4 is 0 Å². The van der Waals surface area contributed by atoms with Crippen LogP contribution in [0.2, 0.25) is 0 Å². The summed E-state index contributed by atoms with van der Waals surface area (Å²) in [4.78, 5) is 0. The Morgan fingerprint density at radius 2 is 1.69 bits per heavy atom. The smallest absolute Gasteiger partial charge is 0.155 e. The standard InChI is InChI=1S/C12H26O3S/c1-10(2)9-11(13)7-6-8-16(14,15)12(3,4)5/h10-11,13H,6-9H2,1-5H3. The molecule has 0 saturated carbocycles. The van der Waals surface area contributed by atoms with Gasteiger partial charge in [0.1, 0.15) is 0 Å². The lowest BCUT2D eigenvalue weighted by Gasteiger charge is -2.19. The molecule has 0 bridgehead atoms. The molecular formula is C12H26O3S. The molecule has 98 valence electrons. The van der Waals surface area contributed by atoms with Gasteiger partial charge in [0.15, 0.2) is 9.84 Å². The van der Waals surface area contributed by atoms with Crippen LogP contribution in [0.25, 0.3) is 0 Å². The number of hydrogen-bond acceptors (Lipinski definition) is 3. The topological polar surface area (TPSA) is 54.4 Å². The summed E-state index contributed by atoms with van der Waals surface area (Å²) in [5, 5.41) is 9.62. The SMILES string of the molecule is CC(C)CC(O)CCCS(=O)(=O)C(C)(C)C. The van der Waals surface area contributed by atoms with Gasteiger partial charge in [0.25, 0.3) is 0 Å². The minimum Gasteiger partial charge on any atom is -0.393 e. The second-order valence-electron chi connectivity index (χ2n) is 5.86. The van der Waals surface area contributed by atoms with Crippen molar-refractivity contribution in [3.05, 3.63) is 0 Å². The van der Waals surface area contributed by atoms with Crippen LogP contribution in [0.15, 0.2) is 0 Å². The van der Waals surface area contributed by atoms with Crippen molar-refractivity contribution in [2.24, 2.45) is 5.92 Å². The third kappa shape index (κ3) is 5.85. The zero-order valence-corrected chi connectivity index (χ0v) is 12.0. The van der Waals surface area contributed by atoms with E-state index >= 15 is 0 Å². The Labute approximate surface area is 100 Å². The molecule has 0 spiro atoms. The van der Waals surface area contributed by atoms with Crippen molar-refractivity contribution in [3.63, 3.8) is 0 Å². The summed E-state index contributed by atoms with van der Waals surface area (Å²) in [5.41, 5.74) is 0. The molecule has 3 nitrogen and oxygen atoms in total. The normalized spacial score (nSPS) is 15.4. The van der Waals surface area contributed by atoms with E-state index in [4.69, 9.17) is 0 Å². The largest absolute Gasteiger partial charge is 0.393 e. The second-order valence-corrected chi connectivity index (χ2v) is 8.72. The minimum absolute atomic E-state index is 0.172. The van der Waals surface area contributed by atoms with E-state index in [9.17, 15) is 13.5 Å². The fourth-order valence-corrected chi connectivity index (χ4v) is 2.64. The van der Waals surface area contributed by atoms with Crippen LogP contribution in [-0.4, -0.2) is 30.1 Å². The van der Waals surface area contributed by atoms with Crippen molar-refractivity contribution in [3.8, 4) is 0 Å².